The predicted octanol–water partition coefficient (Wildman–Crippen LogP) is 1.07. The number of nitrogens with one attached hydrogen (secondary N) is 1. The Morgan fingerprint density at radius 2 is 2.05 bits per heavy atom. The first kappa shape index (κ1) is 15.7. The van der Waals surface area contributed by atoms with Gasteiger partial charge in [-0.2, -0.15) is 0 Å². The van der Waals surface area contributed by atoms with Gasteiger partial charge in [0, 0.05) is 38.9 Å². The van der Waals surface area contributed by atoms with Crippen molar-refractivity contribution in [3.8, 4) is 0 Å². The fraction of sp³-hybridized carbons (Fsp3) is 0.667. The monoisotopic (exact) mass is 291 g/mol. The SMILES string of the molecule is CCCCNC(=O)c1cnc(N2CCN(C)CC2)nc1C. The first-order valence-electron chi connectivity index (χ1n) is 7.67. The van der Waals surface area contributed by atoms with Crippen molar-refractivity contribution in [1.29, 1.82) is 0 Å². The summed E-state index contributed by atoms with van der Waals surface area (Å²) in [6.45, 7) is 8.57. The minimum absolute atomic E-state index is 0.0779. The number of carbonyl (C=O) groups excluding carboxylic acids is 1. The van der Waals surface area contributed by atoms with Crippen molar-refractivity contribution >= 4 is 11.9 Å². The molecule has 0 aliphatic carbocycles. The third-order valence-corrected chi connectivity index (χ3v) is 3.81. The van der Waals surface area contributed by atoms with E-state index in [1.165, 1.54) is 0 Å². The van der Waals surface area contributed by atoms with Gasteiger partial charge in [0.15, 0.2) is 0 Å². The molecule has 2 heterocycles. The van der Waals surface area contributed by atoms with Crippen LogP contribution < -0.4 is 10.2 Å². The highest BCUT2D eigenvalue weighted by molar-refractivity contribution is 5.94. The summed E-state index contributed by atoms with van der Waals surface area (Å²) in [5, 5.41) is 2.91. The zero-order chi connectivity index (χ0) is 15.2. The maximum Gasteiger partial charge on any atom is 0.254 e. The zero-order valence-electron chi connectivity index (χ0n) is 13.2. The smallest absolute Gasteiger partial charge is 0.254 e. The maximum absolute atomic E-state index is 12.1. The minimum Gasteiger partial charge on any atom is -0.352 e. The van der Waals surface area contributed by atoms with Crippen LogP contribution in [0, 0.1) is 6.92 Å². The van der Waals surface area contributed by atoms with Crippen molar-refractivity contribution in [3.63, 3.8) is 0 Å². The van der Waals surface area contributed by atoms with Crippen molar-refractivity contribution in [3.05, 3.63) is 17.5 Å². The summed E-state index contributed by atoms with van der Waals surface area (Å²) in [4.78, 5) is 25.4. The van der Waals surface area contributed by atoms with Crippen LogP contribution in [0.1, 0.15) is 35.8 Å². The molecule has 1 aliphatic heterocycles. The number of hydrogen-bond donors (Lipinski definition) is 1. The number of piperazine rings is 1. The number of unbranched alkanes of at least 4 members (excludes halogenated alkanes) is 1. The zero-order valence-corrected chi connectivity index (χ0v) is 13.2. The molecule has 21 heavy (non-hydrogen) atoms. The lowest BCUT2D eigenvalue weighted by Crippen LogP contribution is -2.45. The number of amides is 1. The lowest BCUT2D eigenvalue weighted by Gasteiger charge is -2.32. The Morgan fingerprint density at radius 1 is 1.33 bits per heavy atom. The van der Waals surface area contributed by atoms with E-state index in [2.05, 4.69) is 39.1 Å². The molecule has 1 fully saturated rings. The Labute approximate surface area is 126 Å². The molecule has 116 valence electrons. The highest BCUT2D eigenvalue weighted by Gasteiger charge is 2.18. The van der Waals surface area contributed by atoms with Crippen LogP contribution in [0.3, 0.4) is 0 Å². The van der Waals surface area contributed by atoms with Gasteiger partial charge in [-0.15, -0.1) is 0 Å². The Hall–Kier alpha value is -1.69. The molecule has 0 unspecified atom stereocenters. The molecule has 0 atom stereocenters. The Bertz CT molecular complexity index is 483. The highest BCUT2D eigenvalue weighted by atomic mass is 16.1. The van der Waals surface area contributed by atoms with E-state index in [0.29, 0.717) is 12.1 Å². The summed E-state index contributed by atoms with van der Waals surface area (Å²) in [6, 6.07) is 0. The van der Waals surface area contributed by atoms with Gasteiger partial charge in [-0.05, 0) is 20.4 Å². The number of anilines is 1. The largest absolute Gasteiger partial charge is 0.352 e. The number of nitrogens with zero attached hydrogens (tertiary/aromatic N) is 4. The standard InChI is InChI=1S/C15H25N5O/c1-4-5-6-16-14(21)13-11-17-15(18-12(13)2)20-9-7-19(3)8-10-20/h11H,4-10H2,1-3H3,(H,16,21). The quantitative estimate of drug-likeness (QED) is 0.822. The van der Waals surface area contributed by atoms with Gasteiger partial charge in [-0.25, -0.2) is 9.97 Å². The summed E-state index contributed by atoms with van der Waals surface area (Å²) in [5.41, 5.74) is 1.32. The average molecular weight is 291 g/mol. The molecule has 1 saturated heterocycles. The molecule has 1 aliphatic rings. The molecular weight excluding hydrogens is 266 g/mol. The van der Waals surface area contributed by atoms with Crippen molar-refractivity contribution in [2.24, 2.45) is 0 Å². The normalized spacial score (nSPS) is 16.0. The molecule has 6 heteroatoms. The average Bonchev–Trinajstić information content (AvgIpc) is 2.48. The van der Waals surface area contributed by atoms with Crippen molar-refractivity contribution < 1.29 is 4.79 Å². The first-order valence-corrected chi connectivity index (χ1v) is 7.67. The van der Waals surface area contributed by atoms with Crippen LogP contribution in [-0.2, 0) is 0 Å². The topological polar surface area (TPSA) is 61.4 Å². The first-order chi connectivity index (χ1) is 10.1. The molecule has 1 amide bonds. The number of hydrogen-bond acceptors (Lipinski definition) is 5. The van der Waals surface area contributed by atoms with Crippen molar-refractivity contribution in [1.82, 2.24) is 20.2 Å². The molecule has 0 aromatic carbocycles. The number of aromatic nitrogens is 2. The van der Waals surface area contributed by atoms with Gasteiger partial charge in [0.25, 0.3) is 5.91 Å². The second-order valence-corrected chi connectivity index (χ2v) is 5.57. The molecule has 1 N–H and O–H groups in total. The molecule has 6 nitrogen and oxygen atoms in total. The summed E-state index contributed by atoms with van der Waals surface area (Å²) in [7, 11) is 2.12. The fourth-order valence-corrected chi connectivity index (χ4v) is 2.31. The predicted molar refractivity (Wildman–Crippen MR) is 83.7 cm³/mol. The van der Waals surface area contributed by atoms with Gasteiger partial charge in [0.2, 0.25) is 5.95 Å². The summed E-state index contributed by atoms with van der Waals surface area (Å²) >= 11 is 0. The van der Waals surface area contributed by atoms with E-state index in [-0.39, 0.29) is 5.91 Å². The number of rotatable bonds is 5. The maximum atomic E-state index is 12.1. The molecule has 1 aromatic rings. The lowest BCUT2D eigenvalue weighted by atomic mass is 10.2. The van der Waals surface area contributed by atoms with E-state index < -0.39 is 0 Å². The molecular formula is C15H25N5O. The second kappa shape index (κ2) is 7.36. The van der Waals surface area contributed by atoms with Crippen LogP contribution in [0.2, 0.25) is 0 Å². The van der Waals surface area contributed by atoms with Crippen molar-refractivity contribution in [2.75, 3.05) is 44.7 Å². The van der Waals surface area contributed by atoms with Gasteiger partial charge in [-0.3, -0.25) is 4.79 Å². The molecule has 0 spiro atoms. The minimum atomic E-state index is -0.0779. The van der Waals surface area contributed by atoms with Gasteiger partial charge in [0.1, 0.15) is 0 Å². The van der Waals surface area contributed by atoms with Gasteiger partial charge >= 0.3 is 0 Å². The van der Waals surface area contributed by atoms with Crippen LogP contribution in [0.5, 0.6) is 0 Å². The number of likely N-dealkylation sites (N-methyl/N-ethyl adjacent to an activating group) is 1. The summed E-state index contributed by atoms with van der Waals surface area (Å²) in [5.74, 6) is 0.650. The van der Waals surface area contributed by atoms with Crippen LogP contribution in [0.15, 0.2) is 6.20 Å². The number of aryl methyl sites for hydroxylation is 1. The van der Waals surface area contributed by atoms with Gasteiger partial charge in [0.05, 0.1) is 11.3 Å². The highest BCUT2D eigenvalue weighted by Crippen LogP contribution is 2.13. The van der Waals surface area contributed by atoms with Crippen LogP contribution >= 0.6 is 0 Å². The molecule has 1 aromatic heterocycles. The molecule has 0 saturated carbocycles. The third kappa shape index (κ3) is 4.14. The van der Waals surface area contributed by atoms with E-state index >= 15 is 0 Å². The van der Waals surface area contributed by atoms with E-state index in [9.17, 15) is 4.79 Å². The summed E-state index contributed by atoms with van der Waals surface area (Å²) in [6.07, 6.45) is 3.71. The van der Waals surface area contributed by atoms with Crippen LogP contribution in [-0.4, -0.2) is 60.5 Å². The second-order valence-electron chi connectivity index (χ2n) is 5.57. The van der Waals surface area contributed by atoms with Crippen LogP contribution in [0.4, 0.5) is 5.95 Å². The van der Waals surface area contributed by atoms with Crippen molar-refractivity contribution in [2.45, 2.75) is 26.7 Å². The number of carbonyl (C=O) groups is 1. The Balaban J connectivity index is 2.01. The fourth-order valence-electron chi connectivity index (χ4n) is 2.31. The Morgan fingerprint density at radius 3 is 2.67 bits per heavy atom. The molecule has 0 radical (unpaired) electrons. The molecule has 0 bridgehead atoms. The van der Waals surface area contributed by atoms with Gasteiger partial charge in [-0.1, -0.05) is 13.3 Å². The van der Waals surface area contributed by atoms with E-state index in [4.69, 9.17) is 0 Å². The summed E-state index contributed by atoms with van der Waals surface area (Å²) < 4.78 is 0. The van der Waals surface area contributed by atoms with E-state index in [1.807, 2.05) is 6.92 Å². The molecule has 2 rings (SSSR count). The van der Waals surface area contributed by atoms with Crippen LogP contribution in [0.25, 0.3) is 0 Å². The van der Waals surface area contributed by atoms with E-state index in [0.717, 1.165) is 50.7 Å². The van der Waals surface area contributed by atoms with Gasteiger partial charge < -0.3 is 15.1 Å². The Kier molecular flexibility index (Phi) is 5.50. The lowest BCUT2D eigenvalue weighted by molar-refractivity contribution is 0.0951. The third-order valence-electron chi connectivity index (χ3n) is 3.81. The van der Waals surface area contributed by atoms with E-state index in [1.54, 1.807) is 6.20 Å².